The fraction of sp³-hybridized carbons (Fsp3) is 0.500. The highest BCUT2D eigenvalue weighted by Crippen LogP contribution is 2.44. The van der Waals surface area contributed by atoms with Gasteiger partial charge >= 0.3 is 5.91 Å². The second kappa shape index (κ2) is 9.25. The number of H-pyrrole nitrogens is 1. The Kier molecular flexibility index (Phi) is 6.64. The Morgan fingerprint density at radius 2 is 1.91 bits per heavy atom. The van der Waals surface area contributed by atoms with Gasteiger partial charge in [-0.1, -0.05) is 32.6 Å². The van der Waals surface area contributed by atoms with Crippen LogP contribution in [0.3, 0.4) is 0 Å². The third kappa shape index (κ3) is 5.19. The molecule has 1 aliphatic carbocycles. The lowest BCUT2D eigenvalue weighted by Crippen LogP contribution is -2.47. The number of amides is 1. The van der Waals surface area contributed by atoms with E-state index < -0.39 is 15.7 Å². The second-order valence-electron chi connectivity index (χ2n) is 10.6. The van der Waals surface area contributed by atoms with Crippen molar-refractivity contribution in [2.45, 2.75) is 51.5 Å². The third-order valence-electron chi connectivity index (χ3n) is 7.53. The van der Waals surface area contributed by atoms with Crippen molar-refractivity contribution in [2.75, 3.05) is 30.9 Å². The number of benzene rings is 1. The summed E-state index contributed by atoms with van der Waals surface area (Å²) in [5.74, 6) is 0.224. The Hall–Kier alpha value is -2.96. The molecule has 2 heterocycles. The molecule has 0 spiro atoms. The first kappa shape index (κ1) is 25.1. The summed E-state index contributed by atoms with van der Waals surface area (Å²) in [5.41, 5.74) is 3.73. The van der Waals surface area contributed by atoms with Crippen LogP contribution in [0.25, 0.3) is 10.4 Å². The van der Waals surface area contributed by atoms with Crippen molar-refractivity contribution in [1.82, 2.24) is 14.9 Å². The molecule has 8 nitrogen and oxygen atoms in total. The van der Waals surface area contributed by atoms with Crippen LogP contribution >= 0.6 is 0 Å². The molecule has 2 N–H and O–H groups in total. The predicted octanol–water partition coefficient (Wildman–Crippen LogP) is 4.77. The normalized spacial score (nSPS) is 20.6. The summed E-state index contributed by atoms with van der Waals surface area (Å²) in [6.07, 6.45) is 7.55. The number of aromatic amines is 1. The van der Waals surface area contributed by atoms with Gasteiger partial charge in [0.25, 0.3) is 5.82 Å². The van der Waals surface area contributed by atoms with E-state index in [1.165, 1.54) is 11.8 Å². The summed E-state index contributed by atoms with van der Waals surface area (Å²) >= 11 is 0. The minimum Gasteiger partial charge on any atom is -0.363 e. The van der Waals surface area contributed by atoms with E-state index in [9.17, 15) is 13.2 Å². The smallest absolute Gasteiger partial charge is 0.314 e. The Labute approximate surface area is 207 Å². The first-order valence-corrected chi connectivity index (χ1v) is 13.7. The molecule has 0 atom stereocenters. The van der Waals surface area contributed by atoms with Crippen LogP contribution in [-0.4, -0.2) is 54.8 Å². The number of carbonyl (C=O) groups excluding carboxylic acids is 1. The van der Waals surface area contributed by atoms with E-state index in [2.05, 4.69) is 51.0 Å². The molecule has 35 heavy (non-hydrogen) atoms. The highest BCUT2D eigenvalue weighted by atomic mass is 32.2. The molecule has 1 amide bonds. The van der Waals surface area contributed by atoms with Gasteiger partial charge < -0.3 is 10.2 Å². The number of allylic oxidation sites excluding steroid dienone is 2. The van der Waals surface area contributed by atoms with Crippen LogP contribution in [0.5, 0.6) is 0 Å². The summed E-state index contributed by atoms with van der Waals surface area (Å²) in [5, 5.41) is 2.98. The molecule has 0 radical (unpaired) electrons. The number of nitrogens with zero attached hydrogens (tertiary/aromatic N) is 3. The molecule has 4 rings (SSSR count). The SMILES string of the molecule is [C-]#[N+]c1cnc(C(=O)Nc2ccc(C3(N(C)C)CCS(=O)(=O)CC3)cc2C2=CCC(C)(C)CC2)[nH]1. The molecule has 1 saturated heterocycles. The standard InChI is InChI=1S/C26H33N5O3S/c1-25(2)10-8-18(9-11-25)20-16-19(26(31(4)5)12-14-35(33,34)15-13-26)6-7-21(20)29-24(32)23-28-17-22(27-3)30-23/h6-8,16-17H,9-15H2,1-2,4-5H3,(H,28,30)(H,29,32). The van der Waals surface area contributed by atoms with Crippen LogP contribution in [0, 0.1) is 12.0 Å². The van der Waals surface area contributed by atoms with Gasteiger partial charge in [0.15, 0.2) is 0 Å². The Bertz CT molecular complexity index is 1300. The van der Waals surface area contributed by atoms with Crippen molar-refractivity contribution >= 4 is 32.8 Å². The van der Waals surface area contributed by atoms with Gasteiger partial charge in [0.05, 0.1) is 17.7 Å². The topological polar surface area (TPSA) is 99.5 Å². The maximum atomic E-state index is 12.9. The number of hydrogen-bond acceptors (Lipinski definition) is 5. The number of carbonyl (C=O) groups is 1. The van der Waals surface area contributed by atoms with Crippen molar-refractivity contribution in [3.8, 4) is 0 Å². The van der Waals surface area contributed by atoms with Gasteiger partial charge in [-0.3, -0.25) is 14.7 Å². The van der Waals surface area contributed by atoms with E-state index in [0.29, 0.717) is 18.5 Å². The highest BCUT2D eigenvalue weighted by molar-refractivity contribution is 7.91. The van der Waals surface area contributed by atoms with Crippen molar-refractivity contribution in [1.29, 1.82) is 0 Å². The van der Waals surface area contributed by atoms with Gasteiger partial charge in [-0.05, 0) is 74.9 Å². The number of nitrogens with one attached hydrogen (secondary N) is 2. The second-order valence-corrected chi connectivity index (χ2v) is 12.9. The number of anilines is 1. The Balaban J connectivity index is 1.75. The molecule has 1 fully saturated rings. The summed E-state index contributed by atoms with van der Waals surface area (Å²) in [6.45, 7) is 11.6. The molecule has 0 saturated carbocycles. The van der Waals surface area contributed by atoms with Crippen LogP contribution in [0.2, 0.25) is 0 Å². The summed E-state index contributed by atoms with van der Waals surface area (Å²) in [6, 6.07) is 6.04. The maximum absolute atomic E-state index is 12.9. The number of rotatable bonds is 5. The van der Waals surface area contributed by atoms with E-state index in [0.717, 1.165) is 30.4 Å². The molecular weight excluding hydrogens is 462 g/mol. The molecule has 0 unspecified atom stereocenters. The fourth-order valence-corrected chi connectivity index (χ4v) is 6.57. The Morgan fingerprint density at radius 1 is 1.20 bits per heavy atom. The summed E-state index contributed by atoms with van der Waals surface area (Å²) < 4.78 is 24.4. The molecule has 186 valence electrons. The van der Waals surface area contributed by atoms with Crippen molar-refractivity contribution in [3.05, 3.63) is 58.8 Å². The zero-order valence-electron chi connectivity index (χ0n) is 20.8. The van der Waals surface area contributed by atoms with E-state index in [1.54, 1.807) is 0 Å². The molecule has 1 aromatic carbocycles. The third-order valence-corrected chi connectivity index (χ3v) is 9.18. The molecule has 0 bridgehead atoms. The van der Waals surface area contributed by atoms with Crippen LogP contribution < -0.4 is 5.32 Å². The van der Waals surface area contributed by atoms with Gasteiger partial charge in [-0.15, -0.1) is 0 Å². The summed E-state index contributed by atoms with van der Waals surface area (Å²) in [4.78, 5) is 25.1. The predicted molar refractivity (Wildman–Crippen MR) is 138 cm³/mol. The molecule has 2 aliphatic rings. The lowest BCUT2D eigenvalue weighted by Gasteiger charge is -2.43. The number of aromatic nitrogens is 2. The van der Waals surface area contributed by atoms with Crippen molar-refractivity contribution in [3.63, 3.8) is 0 Å². The average molecular weight is 496 g/mol. The average Bonchev–Trinajstić information content (AvgIpc) is 3.29. The molecule has 1 aromatic heterocycles. The van der Waals surface area contributed by atoms with E-state index >= 15 is 0 Å². The monoisotopic (exact) mass is 495 g/mol. The van der Waals surface area contributed by atoms with E-state index in [1.807, 2.05) is 26.2 Å². The van der Waals surface area contributed by atoms with E-state index in [-0.39, 0.29) is 34.1 Å². The van der Waals surface area contributed by atoms with Crippen molar-refractivity contribution < 1.29 is 13.2 Å². The van der Waals surface area contributed by atoms with E-state index in [4.69, 9.17) is 6.57 Å². The largest absolute Gasteiger partial charge is 0.363 e. The van der Waals surface area contributed by atoms with Crippen LogP contribution in [-0.2, 0) is 15.4 Å². The number of sulfone groups is 1. The maximum Gasteiger partial charge on any atom is 0.314 e. The number of imidazole rings is 1. The zero-order chi connectivity index (χ0) is 25.4. The molecule has 2 aromatic rings. The zero-order valence-corrected chi connectivity index (χ0v) is 21.6. The summed E-state index contributed by atoms with van der Waals surface area (Å²) in [7, 11) is 0.983. The number of hydrogen-bond donors (Lipinski definition) is 2. The first-order chi connectivity index (χ1) is 16.4. The molecule has 1 aliphatic heterocycles. The lowest BCUT2D eigenvalue weighted by atomic mass is 9.75. The van der Waals surface area contributed by atoms with Gasteiger partial charge in [-0.2, -0.15) is 0 Å². The van der Waals surface area contributed by atoms with Gasteiger partial charge in [0, 0.05) is 16.8 Å². The van der Waals surface area contributed by atoms with Crippen LogP contribution in [0.4, 0.5) is 11.5 Å². The Morgan fingerprint density at radius 3 is 2.49 bits per heavy atom. The van der Waals surface area contributed by atoms with Crippen LogP contribution in [0.1, 0.15) is 67.7 Å². The van der Waals surface area contributed by atoms with Gasteiger partial charge in [0.1, 0.15) is 9.84 Å². The highest BCUT2D eigenvalue weighted by Gasteiger charge is 2.41. The molecular formula is C26H33N5O3S. The fourth-order valence-electron chi connectivity index (χ4n) is 5.06. The van der Waals surface area contributed by atoms with Crippen molar-refractivity contribution in [2.24, 2.45) is 5.41 Å². The lowest BCUT2D eigenvalue weighted by molar-refractivity contribution is 0.101. The minimum absolute atomic E-state index is 0.0898. The van der Waals surface area contributed by atoms with Gasteiger partial charge in [0.2, 0.25) is 5.82 Å². The minimum atomic E-state index is -3.02. The quantitative estimate of drug-likeness (QED) is 0.582. The van der Waals surface area contributed by atoms with Gasteiger partial charge in [-0.25, -0.2) is 13.4 Å². The van der Waals surface area contributed by atoms with Crippen LogP contribution in [0.15, 0.2) is 30.5 Å². The first-order valence-electron chi connectivity index (χ1n) is 11.9. The molecule has 9 heteroatoms.